The Labute approximate surface area is 124 Å². The molecule has 0 spiro atoms. The third-order valence-electron chi connectivity index (χ3n) is 3.06. The lowest BCUT2D eigenvalue weighted by molar-refractivity contribution is -0.120. The molecule has 110 valence electrons. The van der Waals surface area contributed by atoms with Gasteiger partial charge in [0.2, 0.25) is 0 Å². The molecule has 2 heterocycles. The van der Waals surface area contributed by atoms with Crippen molar-refractivity contribution in [3.8, 4) is 5.75 Å². The van der Waals surface area contributed by atoms with Crippen molar-refractivity contribution in [3.63, 3.8) is 0 Å². The SMILES string of the molecule is O=C(COc1ccc(Cl)c(F)c1)N1CCCn2nnnc21. The summed E-state index contributed by atoms with van der Waals surface area (Å²) in [5.41, 5.74) is 0. The van der Waals surface area contributed by atoms with Crippen LogP contribution in [0.3, 0.4) is 0 Å². The van der Waals surface area contributed by atoms with Gasteiger partial charge in [-0.15, -0.1) is 0 Å². The van der Waals surface area contributed by atoms with Gasteiger partial charge in [-0.1, -0.05) is 16.7 Å². The van der Waals surface area contributed by atoms with E-state index in [0.717, 1.165) is 12.5 Å². The smallest absolute Gasteiger partial charge is 0.267 e. The number of amides is 1. The maximum atomic E-state index is 13.3. The highest BCUT2D eigenvalue weighted by Gasteiger charge is 2.25. The predicted molar refractivity (Wildman–Crippen MR) is 71.7 cm³/mol. The molecule has 1 amide bonds. The van der Waals surface area contributed by atoms with E-state index in [0.29, 0.717) is 19.0 Å². The van der Waals surface area contributed by atoms with Crippen molar-refractivity contribution < 1.29 is 13.9 Å². The van der Waals surface area contributed by atoms with Crippen molar-refractivity contribution >= 4 is 23.5 Å². The molecule has 0 aliphatic carbocycles. The van der Waals surface area contributed by atoms with Gasteiger partial charge in [-0.3, -0.25) is 9.69 Å². The first kappa shape index (κ1) is 13.7. The lowest BCUT2D eigenvalue weighted by atomic mass is 10.3. The second kappa shape index (κ2) is 5.65. The summed E-state index contributed by atoms with van der Waals surface area (Å²) in [6.45, 7) is 0.973. The van der Waals surface area contributed by atoms with Gasteiger partial charge in [0.1, 0.15) is 11.6 Å². The number of aryl methyl sites for hydroxylation is 1. The van der Waals surface area contributed by atoms with Crippen molar-refractivity contribution in [2.45, 2.75) is 13.0 Å². The number of nitrogens with zero attached hydrogens (tertiary/aromatic N) is 5. The number of rotatable bonds is 3. The highest BCUT2D eigenvalue weighted by Crippen LogP contribution is 2.21. The Bertz CT molecular complexity index is 677. The molecule has 9 heteroatoms. The number of hydrogen-bond donors (Lipinski definition) is 0. The molecule has 1 aliphatic heterocycles. The van der Waals surface area contributed by atoms with Crippen molar-refractivity contribution in [3.05, 3.63) is 29.0 Å². The highest BCUT2D eigenvalue weighted by atomic mass is 35.5. The third-order valence-corrected chi connectivity index (χ3v) is 3.37. The van der Waals surface area contributed by atoms with Gasteiger partial charge >= 0.3 is 0 Å². The summed E-state index contributed by atoms with van der Waals surface area (Å²) in [6, 6.07) is 4.01. The van der Waals surface area contributed by atoms with E-state index >= 15 is 0 Å². The molecule has 1 aromatic carbocycles. The predicted octanol–water partition coefficient (Wildman–Crippen LogP) is 1.28. The van der Waals surface area contributed by atoms with E-state index in [4.69, 9.17) is 16.3 Å². The lowest BCUT2D eigenvalue weighted by Gasteiger charge is -2.25. The monoisotopic (exact) mass is 311 g/mol. The fourth-order valence-corrected chi connectivity index (χ4v) is 2.16. The first-order valence-electron chi connectivity index (χ1n) is 6.29. The van der Waals surface area contributed by atoms with Crippen LogP contribution in [0.1, 0.15) is 6.42 Å². The Hall–Kier alpha value is -2.22. The van der Waals surface area contributed by atoms with Crippen LogP contribution in [0, 0.1) is 5.82 Å². The number of anilines is 1. The van der Waals surface area contributed by atoms with E-state index in [-0.39, 0.29) is 23.3 Å². The average molecular weight is 312 g/mol. The van der Waals surface area contributed by atoms with Crippen LogP contribution in [0.2, 0.25) is 5.02 Å². The second-order valence-electron chi connectivity index (χ2n) is 4.47. The van der Waals surface area contributed by atoms with Gasteiger partial charge in [-0.05, 0) is 29.0 Å². The largest absolute Gasteiger partial charge is 0.484 e. The number of benzene rings is 1. The number of aromatic nitrogens is 4. The molecule has 0 bridgehead atoms. The van der Waals surface area contributed by atoms with Gasteiger partial charge in [0, 0.05) is 19.2 Å². The van der Waals surface area contributed by atoms with Crippen molar-refractivity contribution in [1.29, 1.82) is 0 Å². The Morgan fingerprint density at radius 1 is 1.43 bits per heavy atom. The Morgan fingerprint density at radius 2 is 2.29 bits per heavy atom. The minimum atomic E-state index is -0.594. The standard InChI is InChI=1S/C12H11ClFN5O2/c13-9-3-2-8(6-10(9)14)21-7-11(20)18-4-1-5-19-12(18)15-16-17-19/h2-3,6H,1,4-5,7H2. The maximum Gasteiger partial charge on any atom is 0.267 e. The zero-order chi connectivity index (χ0) is 14.8. The van der Waals surface area contributed by atoms with Crippen molar-refractivity contribution in [2.24, 2.45) is 0 Å². The molecule has 1 aliphatic rings. The highest BCUT2D eigenvalue weighted by molar-refractivity contribution is 6.30. The number of carbonyl (C=O) groups excluding carboxylic acids is 1. The number of tetrazole rings is 1. The van der Waals surface area contributed by atoms with Crippen LogP contribution in [0.4, 0.5) is 10.3 Å². The van der Waals surface area contributed by atoms with E-state index in [1.807, 2.05) is 0 Å². The van der Waals surface area contributed by atoms with E-state index in [2.05, 4.69) is 15.5 Å². The van der Waals surface area contributed by atoms with Gasteiger partial charge in [0.15, 0.2) is 6.61 Å². The Balaban J connectivity index is 1.66. The van der Waals surface area contributed by atoms with Gasteiger partial charge in [0.25, 0.3) is 11.9 Å². The first-order chi connectivity index (χ1) is 10.1. The van der Waals surface area contributed by atoms with Crippen LogP contribution < -0.4 is 9.64 Å². The van der Waals surface area contributed by atoms with Gasteiger partial charge in [0.05, 0.1) is 5.02 Å². The summed E-state index contributed by atoms with van der Waals surface area (Å²) in [7, 11) is 0. The average Bonchev–Trinajstić information content (AvgIpc) is 2.96. The minimum Gasteiger partial charge on any atom is -0.484 e. The molecule has 2 aromatic rings. The fourth-order valence-electron chi connectivity index (χ4n) is 2.04. The number of hydrogen-bond acceptors (Lipinski definition) is 5. The minimum absolute atomic E-state index is 0.00360. The molecule has 7 nitrogen and oxygen atoms in total. The summed E-state index contributed by atoms with van der Waals surface area (Å²) < 4.78 is 20.1. The molecule has 21 heavy (non-hydrogen) atoms. The van der Waals surface area contributed by atoms with Crippen molar-refractivity contribution in [2.75, 3.05) is 18.1 Å². The second-order valence-corrected chi connectivity index (χ2v) is 4.87. The molecule has 0 atom stereocenters. The van der Waals surface area contributed by atoms with E-state index < -0.39 is 5.82 Å². The number of carbonyl (C=O) groups is 1. The Morgan fingerprint density at radius 3 is 3.10 bits per heavy atom. The molecule has 3 rings (SSSR count). The first-order valence-corrected chi connectivity index (χ1v) is 6.67. The van der Waals surface area contributed by atoms with E-state index in [1.54, 1.807) is 4.68 Å². The normalized spacial score (nSPS) is 13.9. The molecule has 0 radical (unpaired) electrons. The topological polar surface area (TPSA) is 73.1 Å². The van der Waals surface area contributed by atoms with Crippen LogP contribution in [0.25, 0.3) is 0 Å². The van der Waals surface area contributed by atoms with Crippen molar-refractivity contribution in [1.82, 2.24) is 20.2 Å². The third kappa shape index (κ3) is 2.80. The van der Waals surface area contributed by atoms with Gasteiger partial charge < -0.3 is 4.74 Å². The zero-order valence-corrected chi connectivity index (χ0v) is 11.6. The molecular formula is C12H11ClFN5O2. The molecular weight excluding hydrogens is 301 g/mol. The maximum absolute atomic E-state index is 13.3. The van der Waals surface area contributed by atoms with Crippen LogP contribution in [-0.4, -0.2) is 39.3 Å². The summed E-state index contributed by atoms with van der Waals surface area (Å²) in [6.07, 6.45) is 0.763. The molecule has 0 unspecified atom stereocenters. The summed E-state index contributed by atoms with van der Waals surface area (Å²) in [5.74, 6) is -0.247. The summed E-state index contributed by atoms with van der Waals surface area (Å²) in [4.78, 5) is 13.6. The number of fused-ring (bicyclic) bond motifs is 1. The van der Waals surface area contributed by atoms with Gasteiger partial charge in [-0.2, -0.15) is 0 Å². The summed E-state index contributed by atoms with van der Waals surface area (Å²) in [5, 5.41) is 11.1. The molecule has 0 N–H and O–H groups in total. The number of halogens is 2. The van der Waals surface area contributed by atoms with Crippen LogP contribution in [0.5, 0.6) is 5.75 Å². The van der Waals surface area contributed by atoms with Crippen LogP contribution in [0.15, 0.2) is 18.2 Å². The van der Waals surface area contributed by atoms with E-state index in [9.17, 15) is 9.18 Å². The quantitative estimate of drug-likeness (QED) is 0.854. The molecule has 0 saturated carbocycles. The molecule has 1 aromatic heterocycles. The zero-order valence-electron chi connectivity index (χ0n) is 10.9. The van der Waals surface area contributed by atoms with Crippen LogP contribution >= 0.6 is 11.6 Å². The molecule has 0 fully saturated rings. The Kier molecular flexibility index (Phi) is 3.70. The molecule has 0 saturated heterocycles. The van der Waals surface area contributed by atoms with E-state index in [1.165, 1.54) is 17.0 Å². The number of ether oxygens (including phenoxy) is 1. The lowest BCUT2D eigenvalue weighted by Crippen LogP contribution is -2.40. The fraction of sp³-hybridized carbons (Fsp3) is 0.333. The summed E-state index contributed by atoms with van der Waals surface area (Å²) >= 11 is 5.58. The van der Waals surface area contributed by atoms with Crippen LogP contribution in [-0.2, 0) is 11.3 Å². The van der Waals surface area contributed by atoms with Gasteiger partial charge in [-0.25, -0.2) is 9.07 Å².